The fourth-order valence-corrected chi connectivity index (χ4v) is 1.56. The van der Waals surface area contributed by atoms with Crippen molar-refractivity contribution in [1.29, 1.82) is 5.26 Å². The summed E-state index contributed by atoms with van der Waals surface area (Å²) < 4.78 is 13.8. The Morgan fingerprint density at radius 1 is 1.53 bits per heavy atom. The third-order valence-corrected chi connectivity index (χ3v) is 2.74. The number of nitriles is 1. The third-order valence-electron chi connectivity index (χ3n) is 2.74. The number of nitrogens with zero attached hydrogens (tertiary/aromatic N) is 1. The van der Waals surface area contributed by atoms with Gasteiger partial charge < -0.3 is 10.6 Å². The van der Waals surface area contributed by atoms with Crippen LogP contribution in [0, 0.1) is 17.1 Å². The van der Waals surface area contributed by atoms with Crippen molar-refractivity contribution in [2.45, 2.75) is 32.9 Å². The summed E-state index contributed by atoms with van der Waals surface area (Å²) >= 11 is 0. The van der Waals surface area contributed by atoms with Crippen molar-refractivity contribution in [3.63, 3.8) is 0 Å². The van der Waals surface area contributed by atoms with Gasteiger partial charge in [-0.2, -0.15) is 5.26 Å². The molecule has 2 N–H and O–H groups in total. The van der Waals surface area contributed by atoms with Gasteiger partial charge in [0.05, 0.1) is 11.6 Å². The highest BCUT2D eigenvalue weighted by molar-refractivity contribution is 5.81. The minimum absolute atomic E-state index is 0.0161. The Balaban J connectivity index is 2.58. The van der Waals surface area contributed by atoms with E-state index >= 15 is 0 Å². The summed E-state index contributed by atoms with van der Waals surface area (Å²) in [6.07, 6.45) is 0.872. The molecule has 0 aliphatic heterocycles. The molecule has 0 aromatic heterocycles. The summed E-state index contributed by atoms with van der Waals surface area (Å²) in [6, 6.07) is 6.04. The first kappa shape index (κ1) is 15.1. The van der Waals surface area contributed by atoms with Crippen molar-refractivity contribution in [1.82, 2.24) is 10.6 Å². The van der Waals surface area contributed by atoms with Gasteiger partial charge in [0.25, 0.3) is 0 Å². The molecule has 0 heterocycles. The molecule has 1 aromatic carbocycles. The number of hydrogen-bond acceptors (Lipinski definition) is 3. The van der Waals surface area contributed by atoms with Crippen LogP contribution in [0.3, 0.4) is 0 Å². The van der Waals surface area contributed by atoms with Gasteiger partial charge in [-0.05, 0) is 19.4 Å². The highest BCUT2D eigenvalue weighted by atomic mass is 19.1. The monoisotopic (exact) mass is 263 g/mol. The Labute approximate surface area is 112 Å². The smallest absolute Gasteiger partial charge is 0.236 e. The molecule has 4 nitrogen and oxygen atoms in total. The van der Waals surface area contributed by atoms with Gasteiger partial charge in [-0.15, -0.1) is 0 Å². The van der Waals surface area contributed by atoms with E-state index in [0.717, 1.165) is 6.42 Å². The molecule has 1 unspecified atom stereocenters. The summed E-state index contributed by atoms with van der Waals surface area (Å²) in [4.78, 5) is 11.6. The molecule has 1 atom stereocenters. The number of carbonyl (C=O) groups is 1. The van der Waals surface area contributed by atoms with Crippen molar-refractivity contribution in [3.8, 4) is 6.07 Å². The summed E-state index contributed by atoms with van der Waals surface area (Å²) in [7, 11) is 0. The van der Waals surface area contributed by atoms with Gasteiger partial charge in [0.1, 0.15) is 11.9 Å². The number of amides is 1. The van der Waals surface area contributed by atoms with Crippen molar-refractivity contribution < 1.29 is 9.18 Å². The molecular formula is C14H18FN3O. The minimum atomic E-state index is -0.529. The quantitative estimate of drug-likeness (QED) is 0.821. The van der Waals surface area contributed by atoms with Gasteiger partial charge in [-0.3, -0.25) is 4.79 Å². The SMILES string of the molecule is CCCNC(=O)C(C)NCc1cccc(C#N)c1F. The molecule has 0 aliphatic rings. The lowest BCUT2D eigenvalue weighted by Gasteiger charge is -2.14. The van der Waals surface area contributed by atoms with Gasteiger partial charge in [-0.1, -0.05) is 19.1 Å². The normalized spacial score (nSPS) is 11.7. The second-order valence-electron chi connectivity index (χ2n) is 4.28. The van der Waals surface area contributed by atoms with Crippen LogP contribution in [0.1, 0.15) is 31.4 Å². The standard InChI is InChI=1S/C14H18FN3O/c1-3-7-17-14(19)10(2)18-9-12-6-4-5-11(8-16)13(12)15/h4-6,10,18H,3,7,9H2,1-2H3,(H,17,19). The third kappa shape index (κ3) is 4.34. The van der Waals surface area contributed by atoms with Crippen molar-refractivity contribution in [3.05, 3.63) is 35.1 Å². The van der Waals surface area contributed by atoms with E-state index in [-0.39, 0.29) is 18.0 Å². The molecule has 102 valence electrons. The van der Waals surface area contributed by atoms with Crippen LogP contribution in [0.4, 0.5) is 4.39 Å². The van der Waals surface area contributed by atoms with Crippen molar-refractivity contribution in [2.75, 3.05) is 6.54 Å². The van der Waals surface area contributed by atoms with Crippen LogP contribution in [0.25, 0.3) is 0 Å². The number of rotatable bonds is 6. The lowest BCUT2D eigenvalue weighted by Crippen LogP contribution is -2.42. The van der Waals surface area contributed by atoms with Crippen molar-refractivity contribution >= 4 is 5.91 Å². The lowest BCUT2D eigenvalue weighted by molar-refractivity contribution is -0.122. The predicted molar refractivity (Wildman–Crippen MR) is 70.7 cm³/mol. The lowest BCUT2D eigenvalue weighted by atomic mass is 10.1. The van der Waals surface area contributed by atoms with Crippen LogP contribution in [0.5, 0.6) is 0 Å². The number of carbonyl (C=O) groups excluding carboxylic acids is 1. The Hall–Kier alpha value is -1.93. The predicted octanol–water partition coefficient (Wildman–Crippen LogP) is 1.70. The van der Waals surface area contributed by atoms with Crippen molar-refractivity contribution in [2.24, 2.45) is 0 Å². The Kier molecular flexibility index (Phi) is 5.97. The van der Waals surface area contributed by atoms with E-state index in [9.17, 15) is 9.18 Å². The molecule has 0 bridgehead atoms. The number of halogens is 1. The maximum Gasteiger partial charge on any atom is 0.236 e. The molecule has 0 fully saturated rings. The fraction of sp³-hybridized carbons (Fsp3) is 0.429. The Morgan fingerprint density at radius 2 is 2.26 bits per heavy atom. The number of hydrogen-bond donors (Lipinski definition) is 2. The highest BCUT2D eigenvalue weighted by Gasteiger charge is 2.13. The molecular weight excluding hydrogens is 245 g/mol. The number of benzene rings is 1. The maximum atomic E-state index is 13.8. The second-order valence-corrected chi connectivity index (χ2v) is 4.28. The zero-order chi connectivity index (χ0) is 14.3. The zero-order valence-electron chi connectivity index (χ0n) is 11.2. The molecule has 0 saturated heterocycles. The van der Waals surface area contributed by atoms with E-state index in [0.29, 0.717) is 12.1 Å². The van der Waals surface area contributed by atoms with Gasteiger partial charge in [-0.25, -0.2) is 4.39 Å². The second kappa shape index (κ2) is 7.49. The largest absolute Gasteiger partial charge is 0.355 e. The molecule has 5 heteroatoms. The molecule has 0 radical (unpaired) electrons. The average Bonchev–Trinajstić information content (AvgIpc) is 2.43. The molecule has 1 amide bonds. The van der Waals surface area contributed by atoms with Crippen LogP contribution in [-0.4, -0.2) is 18.5 Å². The number of nitrogens with one attached hydrogen (secondary N) is 2. The van der Waals surface area contributed by atoms with Crippen LogP contribution >= 0.6 is 0 Å². The van der Waals surface area contributed by atoms with Gasteiger partial charge in [0, 0.05) is 18.7 Å². The Morgan fingerprint density at radius 3 is 2.89 bits per heavy atom. The molecule has 1 rings (SSSR count). The summed E-state index contributed by atoms with van der Waals surface area (Å²) in [5.41, 5.74) is 0.400. The van der Waals surface area contributed by atoms with Crippen LogP contribution in [0.15, 0.2) is 18.2 Å². The molecule has 0 saturated carbocycles. The van der Waals surface area contributed by atoms with E-state index in [4.69, 9.17) is 5.26 Å². The zero-order valence-corrected chi connectivity index (χ0v) is 11.2. The van der Waals surface area contributed by atoms with E-state index in [1.54, 1.807) is 25.1 Å². The van der Waals surface area contributed by atoms with E-state index in [2.05, 4.69) is 10.6 Å². The van der Waals surface area contributed by atoms with Crippen LogP contribution in [-0.2, 0) is 11.3 Å². The first-order chi connectivity index (χ1) is 9.10. The van der Waals surface area contributed by atoms with E-state index in [1.165, 1.54) is 6.07 Å². The highest BCUT2D eigenvalue weighted by Crippen LogP contribution is 2.11. The molecule has 1 aromatic rings. The maximum absolute atomic E-state index is 13.8. The van der Waals surface area contributed by atoms with Crippen LogP contribution < -0.4 is 10.6 Å². The van der Waals surface area contributed by atoms with Gasteiger partial charge >= 0.3 is 0 Å². The fourth-order valence-electron chi connectivity index (χ4n) is 1.56. The van der Waals surface area contributed by atoms with E-state index < -0.39 is 11.9 Å². The molecule has 0 aliphatic carbocycles. The Bertz CT molecular complexity index is 482. The summed E-state index contributed by atoms with van der Waals surface area (Å²) in [6.45, 7) is 4.53. The first-order valence-electron chi connectivity index (χ1n) is 6.28. The molecule has 19 heavy (non-hydrogen) atoms. The summed E-state index contributed by atoms with van der Waals surface area (Å²) in [5, 5.41) is 14.4. The van der Waals surface area contributed by atoms with E-state index in [1.807, 2.05) is 6.92 Å². The first-order valence-corrected chi connectivity index (χ1v) is 6.28. The topological polar surface area (TPSA) is 64.9 Å². The van der Waals surface area contributed by atoms with Gasteiger partial charge in [0.2, 0.25) is 5.91 Å². The summed E-state index contributed by atoms with van der Waals surface area (Å²) in [5.74, 6) is -0.641. The van der Waals surface area contributed by atoms with Crippen LogP contribution in [0.2, 0.25) is 0 Å². The van der Waals surface area contributed by atoms with Gasteiger partial charge in [0.15, 0.2) is 0 Å². The minimum Gasteiger partial charge on any atom is -0.355 e. The molecule has 0 spiro atoms. The average molecular weight is 263 g/mol.